The first-order valence-electron chi connectivity index (χ1n) is 18.9. The number of nitrogens with one attached hydrogen (secondary N) is 1. The fraction of sp³-hybridized carbons (Fsp3) is 0.575. The van der Waals surface area contributed by atoms with Crippen LogP contribution in [0.5, 0.6) is 0 Å². The number of hydrogen-bond donors (Lipinski definition) is 3. The quantitative estimate of drug-likeness (QED) is 0.166. The average Bonchev–Trinajstić information content (AvgIpc) is 3.50. The van der Waals surface area contributed by atoms with Crippen LogP contribution < -0.4 is 0 Å². The van der Waals surface area contributed by atoms with Gasteiger partial charge in [-0.25, -0.2) is 9.59 Å². The molecule has 2 aromatic carbocycles. The van der Waals surface area contributed by atoms with E-state index in [1.54, 1.807) is 5.56 Å². The molecule has 1 aromatic heterocycles. The van der Waals surface area contributed by atoms with E-state index < -0.39 is 24.3 Å². The van der Waals surface area contributed by atoms with E-state index >= 15 is 0 Å². The normalized spacial score (nSPS) is 16.0. The van der Waals surface area contributed by atoms with Gasteiger partial charge in [-0.15, -0.1) is 0 Å². The molecule has 2 aliphatic rings. The summed E-state index contributed by atoms with van der Waals surface area (Å²) >= 11 is 0. The van der Waals surface area contributed by atoms with Gasteiger partial charge in [0, 0.05) is 55.2 Å². The molecule has 3 N–H and O–H groups in total. The standard InChI is InChI=1S/C36H52N4O.2C2HF3O2/c1-5-7-14-30(15-8-6-2)39-22-24-40(25-23-39)36(41)35-32(31-16-9-10-17-33(31)37-35)26-38-20-18-29(19-21-38)34-27(3)12-11-13-28(34)4;2*3-2(4,5)1(6)7/h9-13,16-17,29-30,37H,5-8,14-15,18-26H2,1-4H3;2*(H,6,7). The molecule has 15 heteroatoms. The van der Waals surface area contributed by atoms with Crippen LogP contribution in [0.2, 0.25) is 0 Å². The van der Waals surface area contributed by atoms with Gasteiger partial charge in [-0.2, -0.15) is 26.3 Å². The highest BCUT2D eigenvalue weighted by molar-refractivity contribution is 6.01. The Balaban J connectivity index is 0.000000494. The molecule has 2 aliphatic heterocycles. The number of benzene rings is 2. The van der Waals surface area contributed by atoms with E-state index in [-0.39, 0.29) is 5.91 Å². The molecule has 1 amide bonds. The number of carbonyl (C=O) groups excluding carboxylic acids is 1. The summed E-state index contributed by atoms with van der Waals surface area (Å²) in [5.41, 5.74) is 7.48. The van der Waals surface area contributed by atoms with Gasteiger partial charge < -0.3 is 20.1 Å². The van der Waals surface area contributed by atoms with Gasteiger partial charge in [-0.3, -0.25) is 14.6 Å². The van der Waals surface area contributed by atoms with Gasteiger partial charge in [0.05, 0.1) is 0 Å². The fourth-order valence-corrected chi connectivity index (χ4v) is 7.46. The summed E-state index contributed by atoms with van der Waals surface area (Å²) in [5, 5.41) is 15.4. The molecule has 306 valence electrons. The minimum atomic E-state index is -5.08. The Kier molecular flexibility index (Phi) is 17.0. The highest BCUT2D eigenvalue weighted by Crippen LogP contribution is 2.34. The van der Waals surface area contributed by atoms with Gasteiger partial charge in [0.2, 0.25) is 0 Å². The number of aryl methyl sites for hydroxylation is 2. The summed E-state index contributed by atoms with van der Waals surface area (Å²) in [6.45, 7) is 15.7. The molecule has 3 heterocycles. The van der Waals surface area contributed by atoms with Crippen LogP contribution in [0.4, 0.5) is 26.3 Å². The van der Waals surface area contributed by atoms with Crippen molar-refractivity contribution < 1.29 is 50.9 Å². The number of fused-ring (bicyclic) bond motifs is 1. The Morgan fingerprint density at radius 3 is 1.73 bits per heavy atom. The van der Waals surface area contributed by atoms with Gasteiger partial charge in [-0.1, -0.05) is 75.9 Å². The van der Waals surface area contributed by atoms with Crippen LogP contribution in [0.3, 0.4) is 0 Å². The molecule has 9 nitrogen and oxygen atoms in total. The predicted molar refractivity (Wildman–Crippen MR) is 199 cm³/mol. The minimum absolute atomic E-state index is 0.180. The number of para-hydroxylation sites is 1. The van der Waals surface area contributed by atoms with Gasteiger partial charge in [0.25, 0.3) is 5.91 Å². The molecular formula is C40H54F6N4O5. The third-order valence-corrected chi connectivity index (χ3v) is 10.3. The van der Waals surface area contributed by atoms with Crippen molar-refractivity contribution in [3.63, 3.8) is 0 Å². The largest absolute Gasteiger partial charge is 0.490 e. The number of carboxylic acid groups (broad SMARTS) is 2. The number of carbonyl (C=O) groups is 3. The summed E-state index contributed by atoms with van der Waals surface area (Å²) < 4.78 is 63.5. The first-order valence-corrected chi connectivity index (χ1v) is 18.9. The summed E-state index contributed by atoms with van der Waals surface area (Å²) in [6.07, 6.45) is -0.122. The molecule has 5 rings (SSSR count). The smallest absolute Gasteiger partial charge is 0.475 e. The number of aromatic amines is 1. The summed E-state index contributed by atoms with van der Waals surface area (Å²) in [4.78, 5) is 42.7. The van der Waals surface area contributed by atoms with Crippen molar-refractivity contribution in [2.75, 3.05) is 39.3 Å². The van der Waals surface area contributed by atoms with Gasteiger partial charge in [0.1, 0.15) is 5.69 Å². The molecule has 0 radical (unpaired) electrons. The Hall–Kier alpha value is -4.11. The monoisotopic (exact) mass is 784 g/mol. The van der Waals surface area contributed by atoms with E-state index in [2.05, 4.69) is 89.8 Å². The molecule has 3 aromatic rings. The SMILES string of the molecule is CCCCC(CCCC)N1CCN(C(=O)c2[nH]c3ccccc3c2CN2CCC(c3c(C)cccc3C)CC2)CC1.O=C(O)C(F)(F)F.O=C(O)C(F)(F)F. The number of carboxylic acids is 2. The number of hydrogen-bond acceptors (Lipinski definition) is 5. The van der Waals surface area contributed by atoms with Crippen molar-refractivity contribution in [2.45, 2.75) is 110 Å². The molecule has 0 atom stereocenters. The van der Waals surface area contributed by atoms with Crippen LogP contribution in [0.1, 0.15) is 104 Å². The zero-order valence-corrected chi connectivity index (χ0v) is 32.0. The lowest BCUT2D eigenvalue weighted by Crippen LogP contribution is -2.52. The minimum Gasteiger partial charge on any atom is -0.475 e. The molecule has 0 unspecified atom stereocenters. The molecule has 0 saturated carbocycles. The lowest BCUT2D eigenvalue weighted by Gasteiger charge is -2.39. The summed E-state index contributed by atoms with van der Waals surface area (Å²) in [7, 11) is 0. The van der Waals surface area contributed by atoms with Crippen LogP contribution >= 0.6 is 0 Å². The highest BCUT2D eigenvalue weighted by Gasteiger charge is 2.39. The number of unbranched alkanes of at least 4 members (excludes halogenated alkanes) is 2. The maximum absolute atomic E-state index is 14.0. The number of aliphatic carboxylic acids is 2. The Morgan fingerprint density at radius 1 is 0.764 bits per heavy atom. The molecule has 0 aliphatic carbocycles. The fourth-order valence-electron chi connectivity index (χ4n) is 7.46. The maximum atomic E-state index is 14.0. The number of halogens is 6. The second-order valence-electron chi connectivity index (χ2n) is 14.3. The first-order chi connectivity index (χ1) is 25.9. The number of piperazine rings is 1. The molecule has 0 bridgehead atoms. The zero-order valence-electron chi connectivity index (χ0n) is 32.0. The second-order valence-corrected chi connectivity index (χ2v) is 14.3. The van der Waals surface area contributed by atoms with Crippen LogP contribution in [0.15, 0.2) is 42.5 Å². The van der Waals surface area contributed by atoms with Crippen molar-refractivity contribution in [2.24, 2.45) is 0 Å². The molecule has 55 heavy (non-hydrogen) atoms. The first kappa shape index (κ1) is 45.3. The van der Waals surface area contributed by atoms with E-state index in [0.29, 0.717) is 12.0 Å². The third kappa shape index (κ3) is 13.3. The Labute approximate surface area is 318 Å². The van der Waals surface area contributed by atoms with Crippen LogP contribution in [0.25, 0.3) is 10.9 Å². The molecule has 0 spiro atoms. The maximum Gasteiger partial charge on any atom is 0.490 e. The topological polar surface area (TPSA) is 117 Å². The predicted octanol–water partition coefficient (Wildman–Crippen LogP) is 8.94. The molecule has 2 saturated heterocycles. The van der Waals surface area contributed by atoms with Gasteiger partial charge in [-0.05, 0) is 81.3 Å². The number of aromatic nitrogens is 1. The third-order valence-electron chi connectivity index (χ3n) is 10.3. The number of rotatable bonds is 11. The summed E-state index contributed by atoms with van der Waals surface area (Å²) in [6, 6.07) is 15.8. The van der Waals surface area contributed by atoms with Crippen molar-refractivity contribution >= 4 is 28.7 Å². The molecular weight excluding hydrogens is 730 g/mol. The Morgan fingerprint density at radius 2 is 1.25 bits per heavy atom. The lowest BCUT2D eigenvalue weighted by atomic mass is 9.84. The van der Waals surface area contributed by atoms with Gasteiger partial charge >= 0.3 is 24.3 Å². The van der Waals surface area contributed by atoms with E-state index in [1.165, 1.54) is 73.4 Å². The number of alkyl halides is 6. The van der Waals surface area contributed by atoms with Crippen molar-refractivity contribution in [3.05, 3.63) is 70.4 Å². The molecule has 2 fully saturated rings. The summed E-state index contributed by atoms with van der Waals surface area (Å²) in [5.74, 6) is -4.70. The van der Waals surface area contributed by atoms with Crippen LogP contribution in [0, 0.1) is 13.8 Å². The highest BCUT2D eigenvalue weighted by atomic mass is 19.4. The van der Waals surface area contributed by atoms with E-state index in [9.17, 15) is 31.1 Å². The number of piperidine rings is 1. The number of nitrogens with zero attached hydrogens (tertiary/aromatic N) is 3. The number of H-pyrrole nitrogens is 1. The van der Waals surface area contributed by atoms with Gasteiger partial charge in [0.15, 0.2) is 0 Å². The van der Waals surface area contributed by atoms with Crippen molar-refractivity contribution in [1.29, 1.82) is 0 Å². The lowest BCUT2D eigenvalue weighted by molar-refractivity contribution is -0.193. The van der Waals surface area contributed by atoms with Crippen molar-refractivity contribution in [1.82, 2.24) is 19.7 Å². The van der Waals surface area contributed by atoms with E-state index in [1.807, 2.05) is 0 Å². The van der Waals surface area contributed by atoms with Crippen molar-refractivity contribution in [3.8, 4) is 0 Å². The average molecular weight is 785 g/mol. The van der Waals surface area contributed by atoms with Crippen LogP contribution in [-0.2, 0) is 16.1 Å². The number of amides is 1. The Bertz CT molecular complexity index is 1640. The van der Waals surface area contributed by atoms with Crippen LogP contribution in [-0.4, -0.2) is 105 Å². The second kappa shape index (κ2) is 20.7. The van der Waals surface area contributed by atoms with E-state index in [0.717, 1.165) is 57.0 Å². The van der Waals surface area contributed by atoms with E-state index in [4.69, 9.17) is 19.8 Å². The zero-order chi connectivity index (χ0) is 40.9. The number of likely N-dealkylation sites (tertiary alicyclic amines) is 1.